The van der Waals surface area contributed by atoms with Crippen molar-refractivity contribution < 1.29 is 5.11 Å². The van der Waals surface area contributed by atoms with Gasteiger partial charge in [0.05, 0.1) is 0 Å². The summed E-state index contributed by atoms with van der Waals surface area (Å²) in [6.45, 7) is 5.02. The Morgan fingerprint density at radius 2 is 2.40 bits per heavy atom. The predicted molar refractivity (Wildman–Crippen MR) is 20.6 cm³/mol. The van der Waals surface area contributed by atoms with Gasteiger partial charge in [-0.25, -0.2) is 0 Å². The molecular formula is C4H7O. The highest BCUT2D eigenvalue weighted by Crippen LogP contribution is 1.69. The van der Waals surface area contributed by atoms with Crippen LogP contribution in [0.25, 0.3) is 0 Å². The molecule has 0 unspecified atom stereocenters. The van der Waals surface area contributed by atoms with Gasteiger partial charge in [0.25, 0.3) is 0 Å². The maximum Gasteiger partial charge on any atom is 0.0465 e. The molecule has 0 heterocycles. The quantitative estimate of drug-likeness (QED) is 0.498. The highest BCUT2D eigenvalue weighted by molar-refractivity contribution is 4.58. The van der Waals surface area contributed by atoms with Gasteiger partial charge in [0, 0.05) is 6.61 Å². The molecule has 1 radical (unpaired) electrons. The third-order valence-electron chi connectivity index (χ3n) is 0.296. The molecule has 0 rings (SSSR count). The predicted octanol–water partition coefficient (Wildman–Crippen LogP) is 0.358. The molecule has 0 fully saturated rings. The van der Waals surface area contributed by atoms with Crippen LogP contribution in [0.15, 0.2) is 6.08 Å². The minimum atomic E-state index is 0.163. The van der Waals surface area contributed by atoms with Crippen molar-refractivity contribution >= 4 is 0 Å². The Morgan fingerprint density at radius 3 is 2.40 bits per heavy atom. The Balaban J connectivity index is 2.40. The van der Waals surface area contributed by atoms with Crippen molar-refractivity contribution in [1.29, 1.82) is 0 Å². The molecule has 0 aliphatic heterocycles. The largest absolute Gasteiger partial charge is 0.396 e. The van der Waals surface area contributed by atoms with E-state index in [1.165, 1.54) is 6.08 Å². The first-order chi connectivity index (χ1) is 2.41. The number of hydrogen-bond acceptors (Lipinski definition) is 1. The lowest BCUT2D eigenvalue weighted by Gasteiger charge is -1.73. The summed E-state index contributed by atoms with van der Waals surface area (Å²) in [7, 11) is 0. The lowest BCUT2D eigenvalue weighted by Crippen LogP contribution is -1.72. The molecule has 5 heavy (non-hydrogen) atoms. The van der Waals surface area contributed by atoms with Crippen LogP contribution in [0.1, 0.15) is 6.42 Å². The van der Waals surface area contributed by atoms with Crippen molar-refractivity contribution in [3.63, 3.8) is 0 Å². The SMILES string of the molecule is [CH]=CCCO. The topological polar surface area (TPSA) is 20.2 Å². The summed E-state index contributed by atoms with van der Waals surface area (Å²) in [6.07, 6.45) is 2.03. The summed E-state index contributed by atoms with van der Waals surface area (Å²) in [6, 6.07) is 0. The van der Waals surface area contributed by atoms with E-state index < -0.39 is 0 Å². The van der Waals surface area contributed by atoms with Gasteiger partial charge in [-0.15, -0.1) is 0 Å². The lowest BCUT2D eigenvalue weighted by atomic mass is 10.5. The molecule has 0 aliphatic rings. The van der Waals surface area contributed by atoms with Gasteiger partial charge in [0.15, 0.2) is 0 Å². The molecule has 0 saturated heterocycles. The highest BCUT2D eigenvalue weighted by Gasteiger charge is 1.62. The first-order valence-corrected chi connectivity index (χ1v) is 1.56. The van der Waals surface area contributed by atoms with Gasteiger partial charge in [-0.3, -0.25) is 0 Å². The van der Waals surface area contributed by atoms with E-state index in [2.05, 4.69) is 0 Å². The molecule has 0 bridgehead atoms. The molecule has 0 aromatic heterocycles. The van der Waals surface area contributed by atoms with Gasteiger partial charge in [0.2, 0.25) is 0 Å². The summed E-state index contributed by atoms with van der Waals surface area (Å²) in [4.78, 5) is 0. The maximum absolute atomic E-state index is 7.96. The minimum Gasteiger partial charge on any atom is -0.396 e. The third-order valence-corrected chi connectivity index (χ3v) is 0.296. The third kappa shape index (κ3) is 3.70. The van der Waals surface area contributed by atoms with Gasteiger partial charge >= 0.3 is 0 Å². The molecule has 1 N–H and O–H groups in total. The van der Waals surface area contributed by atoms with E-state index in [1.54, 1.807) is 0 Å². The number of hydrogen-bond donors (Lipinski definition) is 1. The van der Waals surface area contributed by atoms with Gasteiger partial charge in [-0.1, -0.05) is 12.7 Å². The van der Waals surface area contributed by atoms with Gasteiger partial charge in [0.1, 0.15) is 0 Å². The summed E-state index contributed by atoms with van der Waals surface area (Å²) in [5.74, 6) is 0. The van der Waals surface area contributed by atoms with Crippen molar-refractivity contribution in [2.24, 2.45) is 0 Å². The zero-order valence-electron chi connectivity index (χ0n) is 3.02. The summed E-state index contributed by atoms with van der Waals surface area (Å²) in [5.41, 5.74) is 0. The van der Waals surface area contributed by atoms with Crippen molar-refractivity contribution in [1.82, 2.24) is 0 Å². The van der Waals surface area contributed by atoms with Crippen LogP contribution >= 0.6 is 0 Å². The highest BCUT2D eigenvalue weighted by atomic mass is 16.2. The first kappa shape index (κ1) is 4.70. The smallest absolute Gasteiger partial charge is 0.0465 e. The van der Waals surface area contributed by atoms with E-state index in [9.17, 15) is 0 Å². The van der Waals surface area contributed by atoms with Crippen LogP contribution in [-0.2, 0) is 0 Å². The molecule has 0 aromatic carbocycles. The molecule has 0 aromatic rings. The molecule has 0 saturated carbocycles. The van der Waals surface area contributed by atoms with E-state index in [0.29, 0.717) is 6.42 Å². The fraction of sp³-hybridized carbons (Fsp3) is 0.500. The van der Waals surface area contributed by atoms with E-state index in [0.717, 1.165) is 0 Å². The van der Waals surface area contributed by atoms with Crippen LogP contribution < -0.4 is 0 Å². The Kier molecular flexibility index (Phi) is 3.48. The van der Waals surface area contributed by atoms with Crippen molar-refractivity contribution in [3.8, 4) is 0 Å². The lowest BCUT2D eigenvalue weighted by molar-refractivity contribution is 0.302. The monoisotopic (exact) mass is 71.0 g/mol. The Morgan fingerprint density at radius 1 is 1.80 bits per heavy atom. The minimum absolute atomic E-state index is 0.163. The second-order valence-electron chi connectivity index (χ2n) is 0.748. The molecule has 0 spiro atoms. The molecule has 29 valence electrons. The van der Waals surface area contributed by atoms with Crippen molar-refractivity contribution in [2.75, 3.05) is 6.61 Å². The van der Waals surface area contributed by atoms with Crippen molar-refractivity contribution in [2.45, 2.75) is 6.42 Å². The van der Waals surface area contributed by atoms with Crippen LogP contribution in [0.4, 0.5) is 0 Å². The van der Waals surface area contributed by atoms with Crippen LogP contribution in [0.5, 0.6) is 0 Å². The van der Waals surface area contributed by atoms with Gasteiger partial charge in [-0.05, 0) is 6.42 Å². The number of rotatable bonds is 2. The fourth-order valence-corrected chi connectivity index (χ4v) is 0.0745. The number of aliphatic hydroxyl groups is 1. The first-order valence-electron chi connectivity index (χ1n) is 1.56. The van der Waals surface area contributed by atoms with Crippen LogP contribution in [0.2, 0.25) is 0 Å². The van der Waals surface area contributed by atoms with Crippen LogP contribution in [0.3, 0.4) is 0 Å². The second kappa shape index (κ2) is 3.70. The standard InChI is InChI=1S/C4H7O/c1-2-3-4-5/h1-2,5H,3-4H2. The summed E-state index contributed by atoms with van der Waals surface area (Å²) >= 11 is 0. The Hall–Kier alpha value is -0.300. The Labute approximate surface area is 31.9 Å². The Bertz CT molecular complexity index is 24.8. The van der Waals surface area contributed by atoms with E-state index in [1.807, 2.05) is 0 Å². The molecule has 1 nitrogen and oxygen atoms in total. The second-order valence-corrected chi connectivity index (χ2v) is 0.748. The van der Waals surface area contributed by atoms with Crippen LogP contribution in [0, 0.1) is 6.58 Å². The van der Waals surface area contributed by atoms with Gasteiger partial charge in [-0.2, -0.15) is 0 Å². The zero-order chi connectivity index (χ0) is 4.12. The van der Waals surface area contributed by atoms with E-state index in [4.69, 9.17) is 11.7 Å². The summed E-state index contributed by atoms with van der Waals surface area (Å²) in [5, 5.41) is 7.96. The average molecular weight is 71.1 g/mol. The van der Waals surface area contributed by atoms with E-state index >= 15 is 0 Å². The molecule has 0 aliphatic carbocycles. The molecule has 0 amide bonds. The molecule has 0 atom stereocenters. The molecular weight excluding hydrogens is 64.0 g/mol. The number of aliphatic hydroxyl groups excluding tert-OH is 1. The fourth-order valence-electron chi connectivity index (χ4n) is 0.0745. The zero-order valence-corrected chi connectivity index (χ0v) is 3.02. The van der Waals surface area contributed by atoms with E-state index in [-0.39, 0.29) is 6.61 Å². The maximum atomic E-state index is 7.96. The molecule has 1 heteroatoms. The van der Waals surface area contributed by atoms with Crippen molar-refractivity contribution in [3.05, 3.63) is 12.7 Å². The summed E-state index contributed by atoms with van der Waals surface area (Å²) < 4.78 is 0. The normalized spacial score (nSPS) is 7.40. The average Bonchev–Trinajstić information content (AvgIpc) is 1.41. The van der Waals surface area contributed by atoms with Gasteiger partial charge < -0.3 is 5.11 Å². The van der Waals surface area contributed by atoms with Crippen LogP contribution in [-0.4, -0.2) is 11.7 Å².